The normalized spacial score (nSPS) is 13.2. The van der Waals surface area contributed by atoms with E-state index in [9.17, 15) is 13.2 Å². The molecule has 3 aromatic carbocycles. The Labute approximate surface area is 180 Å². The second-order valence-corrected chi connectivity index (χ2v) is 8.77. The number of carbonyl (C=O) groups excluding carboxylic acids is 1. The minimum Gasteiger partial charge on any atom is -0.454 e. The van der Waals surface area contributed by atoms with Crippen molar-refractivity contribution in [1.82, 2.24) is 0 Å². The fourth-order valence-corrected chi connectivity index (χ4v) is 4.19. The molecule has 1 aliphatic rings. The molecular weight excluding hydrogens is 416 g/mol. The van der Waals surface area contributed by atoms with Crippen LogP contribution in [0.1, 0.15) is 28.4 Å². The van der Waals surface area contributed by atoms with Gasteiger partial charge >= 0.3 is 10.0 Å². The Morgan fingerprint density at radius 3 is 2.26 bits per heavy atom. The van der Waals surface area contributed by atoms with Crippen LogP contribution >= 0.6 is 0 Å². The topological polar surface area (TPSA) is 95.7 Å². The lowest BCUT2D eigenvalue weighted by molar-refractivity contribution is -0.266. The van der Waals surface area contributed by atoms with Gasteiger partial charge in [0.15, 0.2) is 17.3 Å². The van der Waals surface area contributed by atoms with Crippen molar-refractivity contribution in [2.45, 2.75) is 18.7 Å². The van der Waals surface area contributed by atoms with Crippen molar-refractivity contribution in [2.75, 3.05) is 12.1 Å². The van der Waals surface area contributed by atoms with Crippen LogP contribution < -0.4 is 19.2 Å². The van der Waals surface area contributed by atoms with Crippen molar-refractivity contribution >= 4 is 27.3 Å². The number of aryl methyl sites for hydroxylation is 1. The van der Waals surface area contributed by atoms with Crippen LogP contribution in [-0.4, -0.2) is 26.8 Å². The molecule has 0 radical (unpaired) electrons. The number of amidine groups is 1. The highest BCUT2D eigenvalue weighted by Crippen LogP contribution is 2.37. The summed E-state index contributed by atoms with van der Waals surface area (Å²) in [6.07, 6.45) is 0. The first-order valence-electron chi connectivity index (χ1n) is 9.57. The van der Waals surface area contributed by atoms with Crippen molar-refractivity contribution < 1.29 is 27.1 Å². The lowest BCUT2D eigenvalue weighted by atomic mass is 10.1. The van der Waals surface area contributed by atoms with Gasteiger partial charge in [0.05, 0.1) is 11.1 Å². The maximum atomic E-state index is 13.0. The zero-order valence-electron chi connectivity index (χ0n) is 17.0. The summed E-state index contributed by atoms with van der Waals surface area (Å²) in [6, 6.07) is 18.7. The Morgan fingerprint density at radius 2 is 1.61 bits per heavy atom. The van der Waals surface area contributed by atoms with Crippen LogP contribution in [0.25, 0.3) is 0 Å². The number of Topliss-reactive ketones (excluding diaryl/α,β-unsaturated/α-hetero) is 1. The summed E-state index contributed by atoms with van der Waals surface area (Å²) in [5.41, 5.74) is 2.32. The Kier molecular flexibility index (Phi) is 5.48. The van der Waals surface area contributed by atoms with E-state index in [-0.39, 0.29) is 23.3 Å². The third-order valence-electron chi connectivity index (χ3n) is 4.78. The summed E-state index contributed by atoms with van der Waals surface area (Å²) < 4.78 is 39.5. The number of anilines is 1. The van der Waals surface area contributed by atoms with Gasteiger partial charge in [-0.3, -0.25) is 4.79 Å². The molecule has 0 atom stereocenters. The molecule has 0 saturated heterocycles. The van der Waals surface area contributed by atoms with E-state index in [4.69, 9.17) is 9.47 Å². The average Bonchev–Trinajstić information content (AvgIpc) is 3.21. The van der Waals surface area contributed by atoms with Crippen LogP contribution in [0.4, 0.5) is 5.69 Å². The third-order valence-corrected chi connectivity index (χ3v) is 6.15. The summed E-state index contributed by atoms with van der Waals surface area (Å²) in [4.78, 5) is 12.4. The molecule has 0 saturated carbocycles. The Hall–Kier alpha value is -3.65. The number of ether oxygens (including phenoxy) is 2. The molecule has 0 aromatic heterocycles. The van der Waals surface area contributed by atoms with E-state index < -0.39 is 10.0 Å². The SMILES string of the molecule is CC(=O)c1cc2c(cc1NC(=[NH+]S(=O)(=O)c1ccc(C)cc1)c1ccccc1)OCO2. The number of fused-ring (bicyclic) bond motifs is 1. The molecule has 8 heteroatoms. The van der Waals surface area contributed by atoms with Crippen molar-refractivity contribution in [1.29, 1.82) is 0 Å². The Morgan fingerprint density at radius 1 is 0.968 bits per heavy atom. The summed E-state index contributed by atoms with van der Waals surface area (Å²) in [7, 11) is -3.88. The smallest absolute Gasteiger partial charge is 0.328 e. The second kappa shape index (κ2) is 8.23. The maximum absolute atomic E-state index is 13.0. The average molecular weight is 437 g/mol. The predicted molar refractivity (Wildman–Crippen MR) is 116 cm³/mol. The molecule has 0 amide bonds. The predicted octanol–water partition coefficient (Wildman–Crippen LogP) is 2.25. The van der Waals surface area contributed by atoms with E-state index in [1.165, 1.54) is 6.92 Å². The van der Waals surface area contributed by atoms with Gasteiger partial charge in [-0.15, -0.1) is 0 Å². The summed E-state index contributed by atoms with van der Waals surface area (Å²) >= 11 is 0. The van der Waals surface area contributed by atoms with Crippen LogP contribution in [-0.2, 0) is 10.0 Å². The van der Waals surface area contributed by atoms with Crippen LogP contribution in [0.15, 0.2) is 71.6 Å². The van der Waals surface area contributed by atoms with Crippen molar-refractivity contribution in [3.05, 3.63) is 83.4 Å². The van der Waals surface area contributed by atoms with Crippen molar-refractivity contribution in [2.24, 2.45) is 0 Å². The standard InChI is InChI=1S/C23H20N2O5S/c1-15-8-10-18(11-9-15)31(27,28)25-23(17-6-4-3-5-7-17)24-20-13-22-21(29-14-30-22)12-19(20)16(2)26/h3-13H,14H2,1-2H3,(H,24,25)/p+1. The van der Waals surface area contributed by atoms with Crippen LogP contribution in [0.3, 0.4) is 0 Å². The number of nitrogens with one attached hydrogen (secondary N) is 2. The molecule has 7 nitrogen and oxygen atoms in total. The first-order chi connectivity index (χ1) is 14.8. The van der Waals surface area contributed by atoms with Gasteiger partial charge in [-0.25, -0.2) is 5.32 Å². The highest BCUT2D eigenvalue weighted by Gasteiger charge is 2.25. The minimum atomic E-state index is -3.88. The molecule has 2 N–H and O–H groups in total. The molecule has 0 bridgehead atoms. The highest BCUT2D eigenvalue weighted by atomic mass is 32.2. The van der Waals surface area contributed by atoms with Gasteiger partial charge in [0.25, 0.3) is 5.84 Å². The molecule has 0 spiro atoms. The quantitative estimate of drug-likeness (QED) is 0.361. The maximum Gasteiger partial charge on any atom is 0.328 e. The van der Waals surface area contributed by atoms with Gasteiger partial charge in [0, 0.05) is 6.07 Å². The number of carbonyl (C=O) groups is 1. The molecule has 0 unspecified atom stereocenters. The van der Waals surface area contributed by atoms with E-state index >= 15 is 0 Å². The molecular formula is C23H21N2O5S+. The fraction of sp³-hybridized carbons (Fsp3) is 0.130. The zero-order valence-corrected chi connectivity index (χ0v) is 17.8. The van der Waals surface area contributed by atoms with Gasteiger partial charge in [0.2, 0.25) is 6.79 Å². The molecule has 158 valence electrons. The molecule has 4 rings (SSSR count). The lowest BCUT2D eigenvalue weighted by Crippen LogP contribution is -2.78. The Balaban J connectivity index is 1.82. The first kappa shape index (κ1) is 20.6. The lowest BCUT2D eigenvalue weighted by Gasteiger charge is -2.09. The second-order valence-electron chi connectivity index (χ2n) is 7.09. The summed E-state index contributed by atoms with van der Waals surface area (Å²) in [6.45, 7) is 3.38. The van der Waals surface area contributed by atoms with Crippen LogP contribution in [0.2, 0.25) is 0 Å². The highest BCUT2D eigenvalue weighted by molar-refractivity contribution is 7.84. The molecule has 1 aliphatic heterocycles. The van der Waals surface area contributed by atoms with Gasteiger partial charge in [0.1, 0.15) is 10.6 Å². The van der Waals surface area contributed by atoms with E-state index in [0.29, 0.717) is 28.3 Å². The number of hydrogen-bond acceptors (Lipinski definition) is 5. The first-order valence-corrected chi connectivity index (χ1v) is 11.1. The molecule has 0 fully saturated rings. The van der Waals surface area contributed by atoms with Gasteiger partial charge in [-0.2, -0.15) is 12.8 Å². The molecule has 0 aliphatic carbocycles. The molecule has 1 heterocycles. The third kappa shape index (κ3) is 4.44. The molecule has 31 heavy (non-hydrogen) atoms. The van der Waals surface area contributed by atoms with Crippen LogP contribution in [0, 0.1) is 6.92 Å². The summed E-state index contributed by atoms with van der Waals surface area (Å²) in [5, 5.41) is 3.08. The van der Waals surface area contributed by atoms with E-state index in [0.717, 1.165) is 5.56 Å². The summed E-state index contributed by atoms with van der Waals surface area (Å²) in [5.74, 6) is 0.954. The number of sulfonamides is 1. The van der Waals surface area contributed by atoms with Crippen molar-refractivity contribution in [3.63, 3.8) is 0 Å². The number of rotatable bonds is 5. The zero-order chi connectivity index (χ0) is 22.0. The number of ketones is 1. The van der Waals surface area contributed by atoms with Crippen molar-refractivity contribution in [3.8, 4) is 11.5 Å². The van der Waals surface area contributed by atoms with E-state index in [1.54, 1.807) is 60.7 Å². The van der Waals surface area contributed by atoms with E-state index in [2.05, 4.69) is 9.71 Å². The van der Waals surface area contributed by atoms with Crippen LogP contribution in [0.5, 0.6) is 11.5 Å². The Bertz CT molecular complexity index is 1270. The number of hydrogen-bond donors (Lipinski definition) is 2. The van der Waals surface area contributed by atoms with Gasteiger partial charge < -0.3 is 9.47 Å². The number of benzene rings is 3. The largest absolute Gasteiger partial charge is 0.454 e. The minimum absolute atomic E-state index is 0.0610. The monoisotopic (exact) mass is 437 g/mol. The van der Waals surface area contributed by atoms with Gasteiger partial charge in [-0.05, 0) is 44.2 Å². The fourth-order valence-electron chi connectivity index (χ4n) is 3.14. The molecule has 3 aromatic rings. The van der Waals surface area contributed by atoms with E-state index in [1.807, 2.05) is 13.0 Å². The van der Waals surface area contributed by atoms with Gasteiger partial charge in [-0.1, -0.05) is 35.9 Å².